The maximum Gasteiger partial charge on any atom is 0.407 e. The van der Waals surface area contributed by atoms with E-state index in [1.54, 1.807) is 6.08 Å². The smallest absolute Gasteiger partial charge is 0.407 e. The number of amides is 1. The van der Waals surface area contributed by atoms with Crippen molar-refractivity contribution in [3.05, 3.63) is 99.4 Å². The zero-order chi connectivity index (χ0) is 23.4. The molecule has 4 rings (SSSR count). The second-order valence-corrected chi connectivity index (χ2v) is 7.56. The molecular formula is C25H21FN2O5. The molecule has 1 aliphatic rings. The third kappa shape index (κ3) is 4.69. The summed E-state index contributed by atoms with van der Waals surface area (Å²) in [5.74, 6) is -1.46. The van der Waals surface area contributed by atoms with Crippen LogP contribution in [-0.4, -0.2) is 29.3 Å². The number of phenols is 1. The Morgan fingerprint density at radius 3 is 2.39 bits per heavy atom. The summed E-state index contributed by atoms with van der Waals surface area (Å²) in [5, 5.41) is 23.4. The van der Waals surface area contributed by atoms with Gasteiger partial charge in [0.15, 0.2) is 0 Å². The molecule has 0 spiro atoms. The summed E-state index contributed by atoms with van der Waals surface area (Å²) in [5.41, 5.74) is 3.83. The average molecular weight is 448 g/mol. The monoisotopic (exact) mass is 448 g/mol. The van der Waals surface area contributed by atoms with Crippen LogP contribution in [0.15, 0.2) is 66.7 Å². The number of ether oxygens (including phenoxy) is 1. The third-order valence-electron chi connectivity index (χ3n) is 5.50. The van der Waals surface area contributed by atoms with E-state index in [4.69, 9.17) is 4.74 Å². The predicted octanol–water partition coefficient (Wildman–Crippen LogP) is 5.38. The van der Waals surface area contributed by atoms with Crippen molar-refractivity contribution in [2.45, 2.75) is 12.3 Å². The number of rotatable bonds is 7. The number of carbonyl (C=O) groups excluding carboxylic acids is 1. The van der Waals surface area contributed by atoms with Crippen LogP contribution in [0, 0.1) is 15.9 Å². The largest absolute Gasteiger partial charge is 0.502 e. The molecule has 0 radical (unpaired) electrons. The Kier molecular flexibility index (Phi) is 6.35. The van der Waals surface area contributed by atoms with Gasteiger partial charge in [0.1, 0.15) is 12.4 Å². The summed E-state index contributed by atoms with van der Waals surface area (Å²) in [6.07, 6.45) is 2.73. The van der Waals surface area contributed by atoms with E-state index in [1.165, 1.54) is 6.08 Å². The van der Waals surface area contributed by atoms with Crippen LogP contribution in [0.5, 0.6) is 5.75 Å². The van der Waals surface area contributed by atoms with Crippen molar-refractivity contribution in [2.75, 3.05) is 13.2 Å². The molecule has 0 aliphatic heterocycles. The van der Waals surface area contributed by atoms with Crippen molar-refractivity contribution in [1.29, 1.82) is 0 Å². The Bertz CT molecular complexity index is 1200. The van der Waals surface area contributed by atoms with E-state index in [9.17, 15) is 24.4 Å². The molecule has 1 amide bonds. The van der Waals surface area contributed by atoms with Crippen LogP contribution in [-0.2, 0) is 4.74 Å². The number of nitrogens with zero attached hydrogens (tertiary/aromatic N) is 1. The Labute approximate surface area is 189 Å². The molecule has 0 heterocycles. The standard InChI is InChI=1S/C25H21FN2O5/c26-17-13-16(24(29)23(14-17)28(31)32)7-5-6-12-27-25(30)33-15-22-20-10-3-1-8-18(20)19-9-2-4-11-21(19)22/h1-5,7-11,13-14,22,29H,6,12,15H2,(H,27,30). The van der Waals surface area contributed by atoms with Gasteiger partial charge in [0.05, 0.1) is 11.0 Å². The Hall–Kier alpha value is -4.20. The summed E-state index contributed by atoms with van der Waals surface area (Å²) in [4.78, 5) is 22.2. The van der Waals surface area contributed by atoms with Gasteiger partial charge in [-0.15, -0.1) is 0 Å². The summed E-state index contributed by atoms with van der Waals surface area (Å²) >= 11 is 0. The molecule has 1 aliphatic carbocycles. The molecule has 33 heavy (non-hydrogen) atoms. The van der Waals surface area contributed by atoms with Crippen LogP contribution in [0.3, 0.4) is 0 Å². The van der Waals surface area contributed by atoms with Gasteiger partial charge >= 0.3 is 11.8 Å². The van der Waals surface area contributed by atoms with Gasteiger partial charge in [0.2, 0.25) is 5.75 Å². The molecule has 3 aromatic rings. The number of nitro groups is 1. The van der Waals surface area contributed by atoms with Gasteiger partial charge in [0.25, 0.3) is 0 Å². The van der Waals surface area contributed by atoms with E-state index in [0.29, 0.717) is 12.5 Å². The van der Waals surface area contributed by atoms with Crippen molar-refractivity contribution >= 4 is 17.9 Å². The van der Waals surface area contributed by atoms with Crippen LogP contribution in [0.25, 0.3) is 17.2 Å². The highest BCUT2D eigenvalue weighted by molar-refractivity contribution is 5.79. The first-order valence-electron chi connectivity index (χ1n) is 10.4. The van der Waals surface area contributed by atoms with Crippen molar-refractivity contribution < 1.29 is 24.0 Å². The number of fused-ring (bicyclic) bond motifs is 3. The summed E-state index contributed by atoms with van der Waals surface area (Å²) in [6, 6.07) is 17.8. The molecule has 0 bridgehead atoms. The Morgan fingerprint density at radius 2 is 1.76 bits per heavy atom. The topological polar surface area (TPSA) is 102 Å². The van der Waals surface area contributed by atoms with Crippen molar-refractivity contribution in [3.63, 3.8) is 0 Å². The number of alkyl carbamates (subject to hydrolysis) is 1. The molecule has 7 nitrogen and oxygen atoms in total. The number of hydrogen-bond acceptors (Lipinski definition) is 5. The minimum Gasteiger partial charge on any atom is -0.502 e. The van der Waals surface area contributed by atoms with E-state index in [0.717, 1.165) is 28.3 Å². The van der Waals surface area contributed by atoms with Crippen LogP contribution < -0.4 is 5.32 Å². The predicted molar refractivity (Wildman–Crippen MR) is 121 cm³/mol. The Morgan fingerprint density at radius 1 is 1.12 bits per heavy atom. The fourth-order valence-electron chi connectivity index (χ4n) is 3.99. The van der Waals surface area contributed by atoms with Crippen LogP contribution in [0.2, 0.25) is 0 Å². The number of nitro benzene ring substituents is 1. The van der Waals surface area contributed by atoms with Crippen LogP contribution >= 0.6 is 0 Å². The SMILES string of the molecule is O=C(NCCC=Cc1cc(F)cc([N+](=O)[O-])c1O)OCC1c2ccccc2-c2ccccc21. The molecule has 0 fully saturated rings. The Balaban J connectivity index is 1.30. The molecule has 3 aromatic carbocycles. The first kappa shape index (κ1) is 22.0. The van der Waals surface area contributed by atoms with Crippen LogP contribution in [0.4, 0.5) is 14.9 Å². The molecule has 0 saturated heterocycles. The van der Waals surface area contributed by atoms with E-state index < -0.39 is 28.3 Å². The minimum absolute atomic E-state index is 0.0113. The van der Waals surface area contributed by atoms with Crippen molar-refractivity contribution in [3.8, 4) is 16.9 Å². The van der Waals surface area contributed by atoms with E-state index in [-0.39, 0.29) is 24.6 Å². The van der Waals surface area contributed by atoms with E-state index in [2.05, 4.69) is 17.4 Å². The summed E-state index contributed by atoms with van der Waals surface area (Å²) in [7, 11) is 0. The van der Waals surface area contributed by atoms with E-state index in [1.807, 2.05) is 36.4 Å². The van der Waals surface area contributed by atoms with Gasteiger partial charge in [-0.3, -0.25) is 10.1 Å². The number of aromatic hydroxyl groups is 1. The minimum atomic E-state index is -0.853. The van der Waals surface area contributed by atoms with Gasteiger partial charge in [-0.05, 0) is 34.7 Å². The fraction of sp³-hybridized carbons (Fsp3) is 0.160. The summed E-state index contributed by atoms with van der Waals surface area (Å²) < 4.78 is 19.0. The van der Waals surface area contributed by atoms with Crippen molar-refractivity contribution in [1.82, 2.24) is 5.32 Å². The molecule has 168 valence electrons. The number of benzene rings is 3. The quantitative estimate of drug-likeness (QED) is 0.287. The van der Waals surface area contributed by atoms with Crippen LogP contribution in [0.1, 0.15) is 29.0 Å². The second-order valence-electron chi connectivity index (χ2n) is 7.56. The fourth-order valence-corrected chi connectivity index (χ4v) is 3.99. The maximum absolute atomic E-state index is 13.5. The molecular weight excluding hydrogens is 427 g/mol. The lowest BCUT2D eigenvalue weighted by atomic mass is 9.98. The lowest BCUT2D eigenvalue weighted by Gasteiger charge is -2.14. The molecule has 0 saturated carbocycles. The van der Waals surface area contributed by atoms with E-state index >= 15 is 0 Å². The summed E-state index contributed by atoms with van der Waals surface area (Å²) in [6.45, 7) is 0.446. The molecule has 0 unspecified atom stereocenters. The third-order valence-corrected chi connectivity index (χ3v) is 5.50. The molecule has 0 atom stereocenters. The zero-order valence-corrected chi connectivity index (χ0v) is 17.5. The lowest BCUT2D eigenvalue weighted by Crippen LogP contribution is -2.26. The molecule has 2 N–H and O–H groups in total. The highest BCUT2D eigenvalue weighted by Gasteiger charge is 2.28. The van der Waals surface area contributed by atoms with Gasteiger partial charge < -0.3 is 15.2 Å². The normalized spacial score (nSPS) is 12.4. The highest BCUT2D eigenvalue weighted by atomic mass is 19.1. The average Bonchev–Trinajstić information content (AvgIpc) is 3.13. The molecule has 0 aromatic heterocycles. The first-order chi connectivity index (χ1) is 16.0. The number of hydrogen-bond donors (Lipinski definition) is 2. The number of nitrogens with one attached hydrogen (secondary N) is 1. The van der Waals surface area contributed by atoms with Crippen molar-refractivity contribution in [2.24, 2.45) is 0 Å². The molecule has 8 heteroatoms. The number of carbonyl (C=O) groups is 1. The van der Waals surface area contributed by atoms with Gasteiger partial charge in [-0.25, -0.2) is 9.18 Å². The van der Waals surface area contributed by atoms with Gasteiger partial charge in [0, 0.05) is 18.0 Å². The zero-order valence-electron chi connectivity index (χ0n) is 17.5. The second kappa shape index (κ2) is 9.52. The lowest BCUT2D eigenvalue weighted by molar-refractivity contribution is -0.386. The maximum atomic E-state index is 13.5. The first-order valence-corrected chi connectivity index (χ1v) is 10.4. The van der Waals surface area contributed by atoms with Gasteiger partial charge in [-0.1, -0.05) is 60.7 Å². The van der Waals surface area contributed by atoms with Gasteiger partial charge in [-0.2, -0.15) is 0 Å². The highest BCUT2D eigenvalue weighted by Crippen LogP contribution is 2.44. The number of phenolic OH excluding ortho intramolecular Hbond substituents is 1. The number of halogens is 1.